The number of hydrogen-bond donors (Lipinski definition) is 1. The molecular formula is C11H8ClFN2O2. The summed E-state index contributed by atoms with van der Waals surface area (Å²) in [5.74, 6) is -1.14. The molecule has 0 unspecified atom stereocenters. The Balaban J connectivity index is 2.44. The van der Waals surface area contributed by atoms with E-state index in [-0.39, 0.29) is 16.3 Å². The number of aromatic amines is 1. The van der Waals surface area contributed by atoms with Gasteiger partial charge in [0.1, 0.15) is 5.69 Å². The van der Waals surface area contributed by atoms with Crippen LogP contribution in [0, 0.1) is 5.82 Å². The predicted molar refractivity (Wildman–Crippen MR) is 60.3 cm³/mol. The van der Waals surface area contributed by atoms with Gasteiger partial charge >= 0.3 is 5.97 Å². The lowest BCUT2D eigenvalue weighted by Gasteiger charge is -1.99. The molecule has 0 atom stereocenters. The van der Waals surface area contributed by atoms with E-state index in [1.165, 1.54) is 25.3 Å². The summed E-state index contributed by atoms with van der Waals surface area (Å²) in [7, 11) is 1.25. The molecule has 2 aromatic rings. The molecule has 6 heteroatoms. The Kier molecular flexibility index (Phi) is 3.10. The van der Waals surface area contributed by atoms with Crippen LogP contribution in [0.25, 0.3) is 11.3 Å². The van der Waals surface area contributed by atoms with Crippen molar-refractivity contribution >= 4 is 17.6 Å². The van der Waals surface area contributed by atoms with Crippen molar-refractivity contribution in [3.63, 3.8) is 0 Å². The maximum Gasteiger partial charge on any atom is 0.356 e. The molecule has 0 bridgehead atoms. The number of benzene rings is 1. The number of carbonyl (C=O) groups is 1. The molecule has 2 rings (SSSR count). The Labute approximate surface area is 101 Å². The number of carbonyl (C=O) groups excluding carboxylic acids is 1. The van der Waals surface area contributed by atoms with Gasteiger partial charge in [-0.2, -0.15) is 5.10 Å². The Hall–Kier alpha value is -1.88. The Morgan fingerprint density at radius 2 is 2.29 bits per heavy atom. The molecule has 0 aliphatic carbocycles. The fourth-order valence-electron chi connectivity index (χ4n) is 1.38. The zero-order valence-corrected chi connectivity index (χ0v) is 9.58. The van der Waals surface area contributed by atoms with Gasteiger partial charge in [0, 0.05) is 5.56 Å². The number of rotatable bonds is 2. The maximum atomic E-state index is 13.7. The van der Waals surface area contributed by atoms with Gasteiger partial charge in [0.15, 0.2) is 5.82 Å². The standard InChI is InChI=1S/C11H8ClFN2O2/c1-17-11(16)9-5-8(14-15-9)6-3-2-4-7(12)10(6)13/h2-5H,1H3,(H,14,15). The first kappa shape index (κ1) is 11.6. The number of H-pyrrole nitrogens is 1. The highest BCUT2D eigenvalue weighted by atomic mass is 35.5. The monoisotopic (exact) mass is 254 g/mol. The van der Waals surface area contributed by atoms with Crippen LogP contribution in [-0.4, -0.2) is 23.3 Å². The average molecular weight is 255 g/mol. The highest BCUT2D eigenvalue weighted by Crippen LogP contribution is 2.26. The summed E-state index contributed by atoms with van der Waals surface area (Å²) >= 11 is 5.66. The zero-order valence-electron chi connectivity index (χ0n) is 8.83. The molecule has 1 aromatic carbocycles. The number of hydrogen-bond acceptors (Lipinski definition) is 3. The van der Waals surface area contributed by atoms with Gasteiger partial charge in [0.2, 0.25) is 0 Å². The number of esters is 1. The van der Waals surface area contributed by atoms with Crippen molar-refractivity contribution < 1.29 is 13.9 Å². The van der Waals surface area contributed by atoms with Crippen LogP contribution >= 0.6 is 11.6 Å². The van der Waals surface area contributed by atoms with Crippen LogP contribution in [0.15, 0.2) is 24.3 Å². The first-order chi connectivity index (χ1) is 8.13. The van der Waals surface area contributed by atoms with E-state index in [0.29, 0.717) is 5.69 Å². The van der Waals surface area contributed by atoms with Crippen LogP contribution in [0.2, 0.25) is 5.02 Å². The van der Waals surface area contributed by atoms with E-state index in [2.05, 4.69) is 14.9 Å². The van der Waals surface area contributed by atoms with Crippen molar-refractivity contribution in [2.45, 2.75) is 0 Å². The van der Waals surface area contributed by atoms with Gasteiger partial charge in [-0.3, -0.25) is 5.10 Å². The second kappa shape index (κ2) is 4.55. The molecule has 0 saturated carbocycles. The molecule has 4 nitrogen and oxygen atoms in total. The molecule has 0 spiro atoms. The SMILES string of the molecule is COC(=O)c1cc(-c2cccc(Cl)c2F)n[nH]1. The lowest BCUT2D eigenvalue weighted by Crippen LogP contribution is -2.00. The summed E-state index contributed by atoms with van der Waals surface area (Å²) in [4.78, 5) is 11.2. The van der Waals surface area contributed by atoms with E-state index in [9.17, 15) is 9.18 Å². The molecule has 88 valence electrons. The van der Waals surface area contributed by atoms with Gasteiger partial charge in [-0.1, -0.05) is 17.7 Å². The summed E-state index contributed by atoms with van der Waals surface area (Å²) in [6.07, 6.45) is 0. The molecule has 0 radical (unpaired) electrons. The number of methoxy groups -OCH3 is 1. The van der Waals surface area contributed by atoms with E-state index < -0.39 is 11.8 Å². The fraction of sp³-hybridized carbons (Fsp3) is 0.0909. The Morgan fingerprint density at radius 3 is 3.00 bits per heavy atom. The van der Waals surface area contributed by atoms with E-state index in [4.69, 9.17) is 11.6 Å². The van der Waals surface area contributed by atoms with E-state index in [1.54, 1.807) is 6.07 Å². The van der Waals surface area contributed by atoms with Crippen molar-refractivity contribution in [2.24, 2.45) is 0 Å². The third-order valence-corrected chi connectivity index (χ3v) is 2.50. The minimum absolute atomic E-state index is 0.00474. The summed E-state index contributed by atoms with van der Waals surface area (Å²) in [6, 6.07) is 5.97. The molecule has 0 saturated heterocycles. The molecule has 0 amide bonds. The molecule has 0 fully saturated rings. The first-order valence-electron chi connectivity index (χ1n) is 4.71. The maximum absolute atomic E-state index is 13.7. The second-order valence-electron chi connectivity index (χ2n) is 3.26. The van der Waals surface area contributed by atoms with Gasteiger partial charge in [-0.25, -0.2) is 9.18 Å². The third kappa shape index (κ3) is 2.14. The average Bonchev–Trinajstić information content (AvgIpc) is 2.81. The normalized spacial score (nSPS) is 10.3. The molecule has 1 heterocycles. The van der Waals surface area contributed by atoms with Crippen molar-refractivity contribution in [2.75, 3.05) is 7.11 Å². The van der Waals surface area contributed by atoms with Crippen molar-refractivity contribution in [3.8, 4) is 11.3 Å². The minimum atomic E-state index is -0.572. The Bertz CT molecular complexity index is 568. The molecular weight excluding hydrogens is 247 g/mol. The van der Waals surface area contributed by atoms with Gasteiger partial charge in [0.05, 0.1) is 17.8 Å². The molecule has 0 aliphatic heterocycles. The quantitative estimate of drug-likeness (QED) is 0.839. The molecule has 0 aliphatic rings. The second-order valence-corrected chi connectivity index (χ2v) is 3.67. The summed E-state index contributed by atoms with van der Waals surface area (Å²) in [5.41, 5.74) is 0.677. The minimum Gasteiger partial charge on any atom is -0.464 e. The topological polar surface area (TPSA) is 55.0 Å². The van der Waals surface area contributed by atoms with Gasteiger partial charge in [-0.05, 0) is 18.2 Å². The van der Waals surface area contributed by atoms with Crippen LogP contribution in [0.4, 0.5) is 4.39 Å². The highest BCUT2D eigenvalue weighted by molar-refractivity contribution is 6.31. The zero-order chi connectivity index (χ0) is 12.4. The van der Waals surface area contributed by atoms with Crippen LogP contribution in [0.1, 0.15) is 10.5 Å². The number of nitrogens with one attached hydrogen (secondary N) is 1. The largest absolute Gasteiger partial charge is 0.464 e. The van der Waals surface area contributed by atoms with Crippen molar-refractivity contribution in [1.29, 1.82) is 0 Å². The molecule has 1 aromatic heterocycles. The van der Waals surface area contributed by atoms with Gasteiger partial charge in [0.25, 0.3) is 0 Å². The summed E-state index contributed by atoms with van der Waals surface area (Å²) in [5, 5.41) is 6.30. The summed E-state index contributed by atoms with van der Waals surface area (Å²) < 4.78 is 18.2. The number of ether oxygens (including phenoxy) is 1. The van der Waals surface area contributed by atoms with Gasteiger partial charge in [-0.15, -0.1) is 0 Å². The van der Waals surface area contributed by atoms with Crippen LogP contribution < -0.4 is 0 Å². The fourth-order valence-corrected chi connectivity index (χ4v) is 1.55. The smallest absolute Gasteiger partial charge is 0.356 e. The third-order valence-electron chi connectivity index (χ3n) is 2.21. The Morgan fingerprint density at radius 1 is 1.53 bits per heavy atom. The predicted octanol–water partition coefficient (Wildman–Crippen LogP) is 2.66. The highest BCUT2D eigenvalue weighted by Gasteiger charge is 2.14. The lowest BCUT2D eigenvalue weighted by molar-refractivity contribution is 0.0594. The number of aromatic nitrogens is 2. The first-order valence-corrected chi connectivity index (χ1v) is 5.09. The van der Waals surface area contributed by atoms with Crippen LogP contribution in [-0.2, 0) is 4.74 Å². The van der Waals surface area contributed by atoms with Crippen molar-refractivity contribution in [3.05, 3.63) is 40.8 Å². The lowest BCUT2D eigenvalue weighted by atomic mass is 10.1. The molecule has 1 N–H and O–H groups in total. The number of nitrogens with zero attached hydrogens (tertiary/aromatic N) is 1. The number of halogens is 2. The summed E-state index contributed by atoms with van der Waals surface area (Å²) in [6.45, 7) is 0. The van der Waals surface area contributed by atoms with Crippen LogP contribution in [0.5, 0.6) is 0 Å². The van der Waals surface area contributed by atoms with Crippen LogP contribution in [0.3, 0.4) is 0 Å². The van der Waals surface area contributed by atoms with Gasteiger partial charge < -0.3 is 4.74 Å². The van der Waals surface area contributed by atoms with E-state index >= 15 is 0 Å². The molecule has 17 heavy (non-hydrogen) atoms. The van der Waals surface area contributed by atoms with E-state index in [1.807, 2.05) is 0 Å². The van der Waals surface area contributed by atoms with Crippen molar-refractivity contribution in [1.82, 2.24) is 10.2 Å². The van der Waals surface area contributed by atoms with E-state index in [0.717, 1.165) is 0 Å².